The number of hydrogen-bond acceptors (Lipinski definition) is 1. The lowest BCUT2D eigenvalue weighted by atomic mass is 9.44. The fourth-order valence-electron chi connectivity index (χ4n) is 10.4. The molecule has 0 amide bonds. The Bertz CT molecular complexity index is 750. The van der Waals surface area contributed by atoms with Crippen molar-refractivity contribution in [3.8, 4) is 0 Å². The van der Waals surface area contributed by atoms with Gasteiger partial charge in [0.2, 0.25) is 0 Å². The summed E-state index contributed by atoms with van der Waals surface area (Å²) in [6.45, 7) is 14.9. The topological polar surface area (TPSA) is 17.1 Å². The smallest absolute Gasteiger partial charge is 0.133 e. The minimum absolute atomic E-state index is 0.428. The first-order valence-corrected chi connectivity index (χ1v) is 13.9. The number of carbonyl (C=O) groups is 1. The highest BCUT2D eigenvalue weighted by Gasteiger charge is 2.73. The zero-order chi connectivity index (χ0) is 22.2. The van der Waals surface area contributed by atoms with Crippen LogP contribution in [0.15, 0.2) is 12.2 Å². The van der Waals surface area contributed by atoms with Crippen molar-refractivity contribution in [2.24, 2.45) is 63.6 Å². The van der Waals surface area contributed by atoms with Crippen LogP contribution in [-0.2, 0) is 4.79 Å². The van der Waals surface area contributed by atoms with Gasteiger partial charge in [-0.25, -0.2) is 0 Å². The quantitative estimate of drug-likeness (QED) is 0.407. The second kappa shape index (κ2) is 7.46. The Balaban J connectivity index is 1.35. The van der Waals surface area contributed by atoms with Crippen molar-refractivity contribution in [2.45, 2.75) is 106 Å². The first-order chi connectivity index (χ1) is 14.7. The van der Waals surface area contributed by atoms with Crippen LogP contribution in [0.25, 0.3) is 0 Å². The van der Waals surface area contributed by atoms with Crippen molar-refractivity contribution in [2.75, 3.05) is 0 Å². The second-order valence-electron chi connectivity index (χ2n) is 13.6. The molecule has 0 saturated heterocycles. The van der Waals surface area contributed by atoms with Gasteiger partial charge in [0.1, 0.15) is 5.78 Å². The molecule has 174 valence electrons. The molecule has 0 aromatic rings. The molecule has 5 rings (SSSR count). The summed E-state index contributed by atoms with van der Waals surface area (Å²) in [7, 11) is 0. The van der Waals surface area contributed by atoms with Crippen LogP contribution in [0.3, 0.4) is 0 Å². The Morgan fingerprint density at radius 3 is 2.52 bits per heavy atom. The van der Waals surface area contributed by atoms with Gasteiger partial charge in [-0.1, -0.05) is 53.7 Å². The van der Waals surface area contributed by atoms with E-state index in [0.717, 1.165) is 54.3 Å². The standard InChI is InChI=1S/C30H48O/c1-7-21(19(2)3)9-8-20(4)25-10-11-26-24-16-22-17-30(22)18-23(31)12-15-29(30,6)27(24)13-14-28(25,26)5/h8-9,19-22,24-27H,7,10-18H2,1-6H3/b9-8+/t20-,21-,22+,24+,25-,26+,27+,28-,29-,30+/m1/s1. The Hall–Kier alpha value is -0.590. The van der Waals surface area contributed by atoms with Gasteiger partial charge in [0.15, 0.2) is 0 Å². The normalized spacial score (nSPS) is 50.5. The third kappa shape index (κ3) is 3.10. The predicted molar refractivity (Wildman–Crippen MR) is 130 cm³/mol. The lowest BCUT2D eigenvalue weighted by molar-refractivity contribution is -0.144. The summed E-state index contributed by atoms with van der Waals surface area (Å²) in [5.74, 6) is 7.29. The third-order valence-electron chi connectivity index (χ3n) is 12.3. The molecule has 0 aromatic heterocycles. The van der Waals surface area contributed by atoms with Gasteiger partial charge in [-0.05, 0) is 115 Å². The molecule has 0 aliphatic heterocycles. The maximum atomic E-state index is 12.4. The van der Waals surface area contributed by atoms with Gasteiger partial charge in [-0.3, -0.25) is 4.79 Å². The van der Waals surface area contributed by atoms with E-state index in [1.807, 2.05) is 0 Å². The largest absolute Gasteiger partial charge is 0.300 e. The fourth-order valence-corrected chi connectivity index (χ4v) is 10.4. The Morgan fingerprint density at radius 2 is 1.81 bits per heavy atom. The van der Waals surface area contributed by atoms with Crippen LogP contribution < -0.4 is 0 Å². The highest BCUT2D eigenvalue weighted by Crippen LogP contribution is 2.80. The summed E-state index contributed by atoms with van der Waals surface area (Å²) in [6, 6.07) is 0. The Morgan fingerprint density at radius 1 is 1.03 bits per heavy atom. The lowest BCUT2D eigenvalue weighted by Gasteiger charge is -2.60. The molecule has 0 bridgehead atoms. The number of ketones is 1. The molecule has 0 radical (unpaired) electrons. The van der Waals surface area contributed by atoms with Crippen molar-refractivity contribution < 1.29 is 4.79 Å². The lowest BCUT2D eigenvalue weighted by Crippen LogP contribution is -2.54. The van der Waals surface area contributed by atoms with Crippen molar-refractivity contribution in [3.63, 3.8) is 0 Å². The van der Waals surface area contributed by atoms with E-state index in [1.165, 1.54) is 51.4 Å². The molecule has 31 heavy (non-hydrogen) atoms. The highest BCUT2D eigenvalue weighted by molar-refractivity contribution is 5.81. The first-order valence-electron chi connectivity index (χ1n) is 13.9. The van der Waals surface area contributed by atoms with Crippen LogP contribution in [0, 0.1) is 63.6 Å². The fraction of sp³-hybridized carbons (Fsp3) is 0.900. The minimum atomic E-state index is 0.428. The monoisotopic (exact) mass is 424 g/mol. The van der Waals surface area contributed by atoms with Crippen LogP contribution in [0.4, 0.5) is 0 Å². The molecule has 5 aliphatic rings. The van der Waals surface area contributed by atoms with Crippen LogP contribution in [0.1, 0.15) is 106 Å². The molecular formula is C30H48O. The van der Waals surface area contributed by atoms with E-state index < -0.39 is 0 Å². The molecule has 5 fully saturated rings. The van der Waals surface area contributed by atoms with Crippen molar-refractivity contribution >= 4 is 5.78 Å². The minimum Gasteiger partial charge on any atom is -0.300 e. The van der Waals surface area contributed by atoms with Crippen molar-refractivity contribution in [1.29, 1.82) is 0 Å². The van der Waals surface area contributed by atoms with Crippen LogP contribution >= 0.6 is 0 Å². The maximum Gasteiger partial charge on any atom is 0.133 e. The zero-order valence-corrected chi connectivity index (χ0v) is 21.3. The molecule has 5 saturated carbocycles. The van der Waals surface area contributed by atoms with E-state index >= 15 is 0 Å². The van der Waals surface area contributed by atoms with E-state index in [4.69, 9.17) is 0 Å². The molecule has 0 aromatic carbocycles. The van der Waals surface area contributed by atoms with Gasteiger partial charge in [-0.2, -0.15) is 0 Å². The average Bonchev–Trinajstić information content (AvgIpc) is 3.29. The van der Waals surface area contributed by atoms with Crippen LogP contribution in [0.2, 0.25) is 0 Å². The predicted octanol–water partition coefficient (Wildman–Crippen LogP) is 8.09. The number of fused-ring (bicyclic) bond motifs is 4. The van der Waals surface area contributed by atoms with Gasteiger partial charge < -0.3 is 0 Å². The first kappa shape index (κ1) is 22.2. The number of Topliss-reactive ketones (excluding diaryl/α,β-unsaturated/α-hetero) is 1. The molecule has 0 heterocycles. The van der Waals surface area contributed by atoms with E-state index in [1.54, 1.807) is 0 Å². The number of allylic oxidation sites excluding steroid dienone is 2. The summed E-state index contributed by atoms with van der Waals surface area (Å²) in [5.41, 5.74) is 1.43. The van der Waals surface area contributed by atoms with Gasteiger partial charge in [0.05, 0.1) is 0 Å². The van der Waals surface area contributed by atoms with E-state index in [-0.39, 0.29) is 0 Å². The number of rotatable bonds is 5. The van der Waals surface area contributed by atoms with Gasteiger partial charge in [-0.15, -0.1) is 0 Å². The summed E-state index contributed by atoms with van der Waals surface area (Å²) in [6.07, 6.45) is 18.1. The molecule has 5 aliphatic carbocycles. The van der Waals surface area contributed by atoms with Crippen molar-refractivity contribution in [1.82, 2.24) is 0 Å². The SMILES string of the molecule is CC[C@H](/C=C/[C@@H](C)[C@H]1CC[C@H]2[C@@H]3C[C@H]4C[C@]45CC(=O)CC[C@]5(C)[C@H]3CC[C@]12C)C(C)C. The average molecular weight is 425 g/mol. The van der Waals surface area contributed by atoms with Crippen LogP contribution in [0.5, 0.6) is 0 Å². The van der Waals surface area contributed by atoms with Gasteiger partial charge in [0, 0.05) is 12.8 Å². The summed E-state index contributed by atoms with van der Waals surface area (Å²) >= 11 is 0. The third-order valence-corrected chi connectivity index (χ3v) is 12.3. The van der Waals surface area contributed by atoms with E-state index in [0.29, 0.717) is 27.9 Å². The highest BCUT2D eigenvalue weighted by atomic mass is 16.1. The molecule has 1 nitrogen and oxygen atoms in total. The molecule has 1 heteroatoms. The van der Waals surface area contributed by atoms with Crippen LogP contribution in [-0.4, -0.2) is 5.78 Å². The second-order valence-corrected chi connectivity index (χ2v) is 13.6. The molecular weight excluding hydrogens is 376 g/mol. The number of hydrogen-bond donors (Lipinski definition) is 0. The molecule has 10 atom stereocenters. The maximum absolute atomic E-state index is 12.4. The summed E-state index contributed by atoms with van der Waals surface area (Å²) in [4.78, 5) is 12.4. The Labute approximate surface area is 192 Å². The Kier molecular flexibility index (Phi) is 5.35. The number of carbonyl (C=O) groups excluding carboxylic acids is 1. The van der Waals surface area contributed by atoms with Crippen molar-refractivity contribution in [3.05, 3.63) is 12.2 Å². The van der Waals surface area contributed by atoms with E-state index in [9.17, 15) is 4.79 Å². The van der Waals surface area contributed by atoms with Gasteiger partial charge in [0.25, 0.3) is 0 Å². The molecule has 0 N–H and O–H groups in total. The van der Waals surface area contributed by atoms with E-state index in [2.05, 4.69) is 53.7 Å². The molecule has 0 unspecified atom stereocenters. The summed E-state index contributed by atoms with van der Waals surface area (Å²) < 4.78 is 0. The zero-order valence-electron chi connectivity index (χ0n) is 21.3. The molecule has 1 spiro atoms. The van der Waals surface area contributed by atoms with Gasteiger partial charge >= 0.3 is 0 Å². The summed E-state index contributed by atoms with van der Waals surface area (Å²) in [5, 5.41) is 0.